The Morgan fingerprint density at radius 3 is 2.62 bits per heavy atom. The summed E-state index contributed by atoms with van der Waals surface area (Å²) in [7, 11) is -4.02. The molecule has 0 radical (unpaired) electrons. The van der Waals surface area contributed by atoms with Gasteiger partial charge >= 0.3 is 0 Å². The zero-order valence-electron chi connectivity index (χ0n) is 10.9. The summed E-state index contributed by atoms with van der Waals surface area (Å²) in [6.07, 6.45) is 0. The zero-order chi connectivity index (χ0) is 15.6. The highest BCUT2D eigenvalue weighted by Gasteiger charge is 2.19. The molecule has 0 aromatic heterocycles. The fourth-order valence-corrected chi connectivity index (χ4v) is 3.24. The summed E-state index contributed by atoms with van der Waals surface area (Å²) in [5, 5.41) is 9.05. The Labute approximate surface area is 126 Å². The quantitative estimate of drug-likeness (QED) is 0.940. The largest absolute Gasteiger partial charge is 0.277 e. The van der Waals surface area contributed by atoms with Crippen molar-refractivity contribution in [3.8, 4) is 6.07 Å². The van der Waals surface area contributed by atoms with Gasteiger partial charge in [0.15, 0.2) is 0 Å². The van der Waals surface area contributed by atoms with Gasteiger partial charge in [-0.3, -0.25) is 4.72 Å². The van der Waals surface area contributed by atoms with Gasteiger partial charge in [0.05, 0.1) is 22.2 Å². The first-order valence-electron chi connectivity index (χ1n) is 5.82. The van der Waals surface area contributed by atoms with Gasteiger partial charge < -0.3 is 0 Å². The van der Waals surface area contributed by atoms with Crippen LogP contribution in [0.4, 0.5) is 10.1 Å². The van der Waals surface area contributed by atoms with Crippen LogP contribution in [-0.4, -0.2) is 8.42 Å². The van der Waals surface area contributed by atoms with Crippen LogP contribution in [0.5, 0.6) is 0 Å². The SMILES string of the molecule is Cc1ccc(C#N)cc1S(=O)(=O)Nc1cc(Cl)ccc1F. The molecule has 21 heavy (non-hydrogen) atoms. The van der Waals surface area contributed by atoms with E-state index in [2.05, 4.69) is 4.72 Å². The minimum absolute atomic E-state index is 0.0825. The first kappa shape index (κ1) is 15.3. The standard InChI is InChI=1S/C14H10ClFN2O2S/c1-9-2-3-10(8-17)6-14(9)21(19,20)18-13-7-11(15)4-5-12(13)16/h2-7,18H,1H3. The molecule has 0 aliphatic rings. The van der Waals surface area contributed by atoms with E-state index in [0.29, 0.717) is 5.56 Å². The highest BCUT2D eigenvalue weighted by Crippen LogP contribution is 2.24. The molecule has 4 nitrogen and oxygen atoms in total. The third kappa shape index (κ3) is 3.32. The van der Waals surface area contributed by atoms with Crippen molar-refractivity contribution < 1.29 is 12.8 Å². The number of nitrogens with zero attached hydrogens (tertiary/aromatic N) is 1. The summed E-state index contributed by atoms with van der Waals surface area (Å²) in [5.41, 5.74) is 0.403. The lowest BCUT2D eigenvalue weighted by Crippen LogP contribution is -2.15. The molecule has 0 saturated heterocycles. The minimum atomic E-state index is -4.02. The second-order valence-corrected chi connectivity index (χ2v) is 6.41. The Hall–Kier alpha value is -2.10. The summed E-state index contributed by atoms with van der Waals surface area (Å²) >= 11 is 5.73. The van der Waals surface area contributed by atoms with Gasteiger partial charge in [-0.05, 0) is 42.8 Å². The Morgan fingerprint density at radius 2 is 1.95 bits per heavy atom. The number of sulfonamides is 1. The van der Waals surface area contributed by atoms with Gasteiger partial charge in [0.1, 0.15) is 5.82 Å². The maximum absolute atomic E-state index is 13.6. The van der Waals surface area contributed by atoms with E-state index in [1.807, 2.05) is 6.07 Å². The smallest absolute Gasteiger partial charge is 0.262 e. The van der Waals surface area contributed by atoms with E-state index < -0.39 is 15.8 Å². The number of rotatable bonds is 3. The maximum atomic E-state index is 13.6. The Balaban J connectivity index is 2.48. The van der Waals surface area contributed by atoms with Crippen LogP contribution < -0.4 is 4.72 Å². The predicted molar refractivity (Wildman–Crippen MR) is 78.1 cm³/mol. The van der Waals surface area contributed by atoms with Crippen molar-refractivity contribution >= 4 is 27.3 Å². The second-order valence-electron chi connectivity index (χ2n) is 4.32. The fraction of sp³-hybridized carbons (Fsp3) is 0.0714. The van der Waals surface area contributed by atoms with Crippen molar-refractivity contribution in [3.63, 3.8) is 0 Å². The summed E-state index contributed by atoms with van der Waals surface area (Å²) in [5.74, 6) is -0.739. The molecule has 0 amide bonds. The number of hydrogen-bond acceptors (Lipinski definition) is 3. The van der Waals surface area contributed by atoms with E-state index in [9.17, 15) is 12.8 Å². The lowest BCUT2D eigenvalue weighted by Gasteiger charge is -2.11. The number of nitrogens with one attached hydrogen (secondary N) is 1. The van der Waals surface area contributed by atoms with Gasteiger partial charge in [-0.2, -0.15) is 5.26 Å². The van der Waals surface area contributed by atoms with Gasteiger partial charge in [-0.1, -0.05) is 17.7 Å². The topological polar surface area (TPSA) is 70.0 Å². The van der Waals surface area contributed by atoms with E-state index in [-0.39, 0.29) is 21.2 Å². The van der Waals surface area contributed by atoms with Crippen LogP contribution in [0.15, 0.2) is 41.3 Å². The molecule has 1 N–H and O–H groups in total. The lowest BCUT2D eigenvalue weighted by molar-refractivity contribution is 0.598. The average Bonchev–Trinajstić information content (AvgIpc) is 2.43. The molecule has 2 aromatic carbocycles. The van der Waals surface area contributed by atoms with Crippen LogP contribution >= 0.6 is 11.6 Å². The van der Waals surface area contributed by atoms with Crippen molar-refractivity contribution in [2.24, 2.45) is 0 Å². The number of anilines is 1. The van der Waals surface area contributed by atoms with E-state index in [4.69, 9.17) is 16.9 Å². The van der Waals surface area contributed by atoms with Crippen molar-refractivity contribution in [2.75, 3.05) is 4.72 Å². The molecule has 7 heteroatoms. The van der Waals surface area contributed by atoms with Gasteiger partial charge in [-0.15, -0.1) is 0 Å². The fourth-order valence-electron chi connectivity index (χ4n) is 1.73. The molecule has 108 valence electrons. The summed E-state index contributed by atoms with van der Waals surface area (Å²) in [4.78, 5) is -0.0825. The van der Waals surface area contributed by atoms with Gasteiger partial charge in [0, 0.05) is 5.02 Å². The van der Waals surface area contributed by atoms with Crippen LogP contribution in [0.25, 0.3) is 0 Å². The van der Waals surface area contributed by atoms with E-state index in [0.717, 1.165) is 6.07 Å². The summed E-state index contributed by atoms with van der Waals surface area (Å²) < 4.78 is 40.4. The Kier molecular flexibility index (Phi) is 4.16. The van der Waals surface area contributed by atoms with Crippen LogP contribution in [-0.2, 0) is 10.0 Å². The van der Waals surface area contributed by atoms with Crippen molar-refractivity contribution in [1.82, 2.24) is 0 Å². The average molecular weight is 325 g/mol. The molecule has 0 fully saturated rings. The molecule has 0 aliphatic heterocycles. The van der Waals surface area contributed by atoms with Crippen molar-refractivity contribution in [2.45, 2.75) is 11.8 Å². The maximum Gasteiger partial charge on any atom is 0.262 e. The highest BCUT2D eigenvalue weighted by molar-refractivity contribution is 7.92. The monoisotopic (exact) mass is 324 g/mol. The molecule has 0 heterocycles. The van der Waals surface area contributed by atoms with E-state index in [1.54, 1.807) is 6.92 Å². The van der Waals surface area contributed by atoms with Crippen LogP contribution in [0.2, 0.25) is 5.02 Å². The van der Waals surface area contributed by atoms with Crippen molar-refractivity contribution in [3.05, 3.63) is 58.4 Å². The molecule has 0 aliphatic carbocycles. The number of halogens is 2. The molecule has 0 saturated carbocycles. The molecule has 2 rings (SSSR count). The molecule has 2 aromatic rings. The zero-order valence-corrected chi connectivity index (χ0v) is 12.5. The highest BCUT2D eigenvalue weighted by atomic mass is 35.5. The third-order valence-corrected chi connectivity index (χ3v) is 4.52. The molecule has 0 unspecified atom stereocenters. The number of hydrogen-bond donors (Lipinski definition) is 1. The van der Waals surface area contributed by atoms with Gasteiger partial charge in [-0.25, -0.2) is 12.8 Å². The number of benzene rings is 2. The normalized spacial score (nSPS) is 11.0. The summed E-state index contributed by atoms with van der Waals surface area (Å²) in [6.45, 7) is 1.59. The third-order valence-electron chi connectivity index (χ3n) is 2.78. The summed E-state index contributed by atoms with van der Waals surface area (Å²) in [6, 6.07) is 9.69. The molecule has 0 spiro atoms. The molecule has 0 atom stereocenters. The first-order chi connectivity index (χ1) is 9.83. The predicted octanol–water partition coefficient (Wildman–Crippen LogP) is 3.46. The lowest BCUT2D eigenvalue weighted by atomic mass is 10.2. The van der Waals surface area contributed by atoms with Gasteiger partial charge in [0.25, 0.3) is 10.0 Å². The minimum Gasteiger partial charge on any atom is -0.277 e. The van der Waals surface area contributed by atoms with Crippen molar-refractivity contribution in [1.29, 1.82) is 5.26 Å². The van der Waals surface area contributed by atoms with Crippen LogP contribution in [0.1, 0.15) is 11.1 Å². The van der Waals surface area contributed by atoms with Gasteiger partial charge in [0.2, 0.25) is 0 Å². The first-order valence-corrected chi connectivity index (χ1v) is 7.68. The second kappa shape index (κ2) is 5.72. The Bertz CT molecular complexity index is 845. The molecular formula is C14H10ClFN2O2S. The molecule has 0 bridgehead atoms. The number of nitriles is 1. The number of aryl methyl sites for hydroxylation is 1. The molecular weight excluding hydrogens is 315 g/mol. The van der Waals surface area contributed by atoms with E-state index >= 15 is 0 Å². The van der Waals surface area contributed by atoms with E-state index in [1.165, 1.54) is 30.3 Å². The van der Waals surface area contributed by atoms with Crippen LogP contribution in [0.3, 0.4) is 0 Å². The van der Waals surface area contributed by atoms with Crippen LogP contribution in [0, 0.1) is 24.1 Å². The Morgan fingerprint density at radius 1 is 1.24 bits per heavy atom.